The van der Waals surface area contributed by atoms with Crippen LogP contribution >= 0.6 is 0 Å². The average Bonchev–Trinajstić information content (AvgIpc) is 3.09. The summed E-state index contributed by atoms with van der Waals surface area (Å²) < 4.78 is 15.7. The molecule has 2 aromatic rings. The summed E-state index contributed by atoms with van der Waals surface area (Å²) in [6.45, 7) is 5.20. The molecule has 1 aromatic carbocycles. The van der Waals surface area contributed by atoms with E-state index in [-0.39, 0.29) is 18.0 Å². The molecule has 1 saturated heterocycles. The third kappa shape index (κ3) is 4.13. The molecule has 0 radical (unpaired) electrons. The van der Waals surface area contributed by atoms with Crippen LogP contribution in [0.2, 0.25) is 0 Å². The highest BCUT2D eigenvalue weighted by atomic mass is 19.1. The fraction of sp³-hybridized carbons (Fsp3) is 0.500. The number of piperidine rings is 1. The van der Waals surface area contributed by atoms with E-state index in [2.05, 4.69) is 22.2 Å². The second-order valence-electron chi connectivity index (χ2n) is 6.37. The van der Waals surface area contributed by atoms with Gasteiger partial charge in [-0.25, -0.2) is 4.39 Å². The number of nitrogens with one attached hydrogen (secondary N) is 1. The molecule has 1 unspecified atom stereocenters. The van der Waals surface area contributed by atoms with Gasteiger partial charge in [-0.1, -0.05) is 0 Å². The third-order valence-electron chi connectivity index (χ3n) is 4.61. The lowest BCUT2D eigenvalue weighted by atomic mass is 10.0. The highest BCUT2D eigenvalue weighted by molar-refractivity contribution is 5.55. The quantitative estimate of drug-likeness (QED) is 0.852. The molecule has 0 saturated carbocycles. The topological polar surface area (TPSA) is 53.3 Å². The zero-order valence-corrected chi connectivity index (χ0v) is 14.0. The normalized spacial score (nSPS) is 17.2. The lowest BCUT2D eigenvalue weighted by molar-refractivity contribution is 0.145. The zero-order chi connectivity index (χ0) is 16.9. The minimum atomic E-state index is -0.216. The molecule has 2 N–H and O–H groups in total. The Labute approximate surface area is 142 Å². The van der Waals surface area contributed by atoms with E-state index in [0.29, 0.717) is 0 Å². The molecule has 0 aliphatic carbocycles. The highest BCUT2D eigenvalue weighted by Gasteiger charge is 2.21. The van der Waals surface area contributed by atoms with Crippen LogP contribution in [0.15, 0.2) is 36.7 Å². The fourth-order valence-corrected chi connectivity index (χ4v) is 3.21. The number of hydrogen-bond acceptors (Lipinski definition) is 4. The first-order valence-electron chi connectivity index (χ1n) is 8.57. The Morgan fingerprint density at radius 2 is 2.17 bits per heavy atom. The molecule has 1 aromatic heterocycles. The lowest BCUT2D eigenvalue weighted by Crippen LogP contribution is -2.37. The predicted octanol–water partition coefficient (Wildman–Crippen LogP) is 2.33. The maximum atomic E-state index is 13.8. The molecule has 24 heavy (non-hydrogen) atoms. The number of anilines is 1. The Morgan fingerprint density at radius 3 is 2.88 bits per heavy atom. The molecule has 5 nitrogen and oxygen atoms in total. The van der Waals surface area contributed by atoms with Gasteiger partial charge < -0.3 is 15.3 Å². The summed E-state index contributed by atoms with van der Waals surface area (Å²) in [6.07, 6.45) is 5.00. The van der Waals surface area contributed by atoms with Gasteiger partial charge in [0.2, 0.25) is 0 Å². The summed E-state index contributed by atoms with van der Waals surface area (Å²) in [5.41, 5.74) is 2.02. The van der Waals surface area contributed by atoms with Gasteiger partial charge in [-0.15, -0.1) is 0 Å². The van der Waals surface area contributed by atoms with E-state index in [9.17, 15) is 9.50 Å². The maximum Gasteiger partial charge on any atom is 0.123 e. The van der Waals surface area contributed by atoms with Crippen molar-refractivity contribution < 1.29 is 9.50 Å². The molecule has 0 bridgehead atoms. The van der Waals surface area contributed by atoms with E-state index >= 15 is 0 Å². The first kappa shape index (κ1) is 16.9. The molecule has 0 spiro atoms. The number of rotatable bonds is 6. The Kier molecular flexibility index (Phi) is 5.48. The van der Waals surface area contributed by atoms with Crippen molar-refractivity contribution in [3.05, 3.63) is 48.0 Å². The van der Waals surface area contributed by atoms with Gasteiger partial charge in [-0.05, 0) is 49.6 Å². The van der Waals surface area contributed by atoms with Crippen molar-refractivity contribution in [1.82, 2.24) is 15.1 Å². The second-order valence-corrected chi connectivity index (χ2v) is 6.37. The van der Waals surface area contributed by atoms with E-state index < -0.39 is 0 Å². The average molecular weight is 332 g/mol. The molecule has 130 valence electrons. The van der Waals surface area contributed by atoms with Gasteiger partial charge in [0.25, 0.3) is 0 Å². The Balaban J connectivity index is 1.67. The van der Waals surface area contributed by atoms with Gasteiger partial charge in [0.05, 0.1) is 12.6 Å². The summed E-state index contributed by atoms with van der Waals surface area (Å²) in [5, 5.41) is 17.3. The number of hydrogen-bond donors (Lipinski definition) is 2. The van der Waals surface area contributed by atoms with Gasteiger partial charge in [-0.2, -0.15) is 5.10 Å². The Bertz CT molecular complexity index is 638. The maximum absolute atomic E-state index is 13.8. The van der Waals surface area contributed by atoms with Crippen molar-refractivity contribution in [2.45, 2.75) is 38.5 Å². The van der Waals surface area contributed by atoms with E-state index in [0.717, 1.165) is 50.3 Å². The van der Waals surface area contributed by atoms with Gasteiger partial charge >= 0.3 is 0 Å². The van der Waals surface area contributed by atoms with Crippen molar-refractivity contribution in [3.63, 3.8) is 0 Å². The predicted molar refractivity (Wildman–Crippen MR) is 92.5 cm³/mol. The summed E-state index contributed by atoms with van der Waals surface area (Å²) in [6, 6.07) is 6.93. The number of aliphatic hydroxyl groups is 1. The number of aliphatic hydroxyl groups excluding tert-OH is 1. The largest absolute Gasteiger partial charge is 0.393 e. The van der Waals surface area contributed by atoms with Crippen LogP contribution < -0.4 is 10.2 Å². The van der Waals surface area contributed by atoms with Crippen LogP contribution in [0.25, 0.3) is 0 Å². The molecule has 0 amide bonds. The molecular weight excluding hydrogens is 307 g/mol. The van der Waals surface area contributed by atoms with Crippen molar-refractivity contribution >= 4 is 5.69 Å². The monoisotopic (exact) mass is 332 g/mol. The number of nitrogens with zero attached hydrogens (tertiary/aromatic N) is 3. The van der Waals surface area contributed by atoms with Crippen LogP contribution in [0.4, 0.5) is 10.1 Å². The number of halogens is 1. The van der Waals surface area contributed by atoms with E-state index in [1.165, 1.54) is 6.07 Å². The van der Waals surface area contributed by atoms with Gasteiger partial charge in [-0.3, -0.25) is 4.68 Å². The lowest BCUT2D eigenvalue weighted by Gasteiger charge is -2.34. The highest BCUT2D eigenvalue weighted by Crippen LogP contribution is 2.29. The second kappa shape index (κ2) is 7.77. The standard InChI is InChI=1S/C18H25FN4O/c1-14(20-8-12-23-9-2-7-21-23)17-13-15(19)3-4-18(17)22-10-5-16(24)6-11-22/h2-4,7,9,13-14,16,20,24H,5-6,8,10-12H2,1H3. The molecular formula is C18H25FN4O. The molecule has 1 atom stereocenters. The number of aromatic nitrogens is 2. The van der Waals surface area contributed by atoms with Crippen LogP contribution in [0.1, 0.15) is 31.4 Å². The molecule has 1 fully saturated rings. The smallest absolute Gasteiger partial charge is 0.123 e. The Hall–Kier alpha value is -1.92. The minimum absolute atomic E-state index is 0.0399. The Morgan fingerprint density at radius 1 is 1.38 bits per heavy atom. The minimum Gasteiger partial charge on any atom is -0.393 e. The zero-order valence-electron chi connectivity index (χ0n) is 14.0. The van der Waals surface area contributed by atoms with E-state index in [4.69, 9.17) is 0 Å². The van der Waals surface area contributed by atoms with Crippen molar-refractivity contribution in [3.8, 4) is 0 Å². The van der Waals surface area contributed by atoms with Crippen LogP contribution in [0.3, 0.4) is 0 Å². The number of benzene rings is 1. The fourth-order valence-electron chi connectivity index (χ4n) is 3.21. The van der Waals surface area contributed by atoms with E-state index in [1.807, 2.05) is 23.0 Å². The van der Waals surface area contributed by atoms with Crippen LogP contribution in [-0.4, -0.2) is 40.6 Å². The van der Waals surface area contributed by atoms with E-state index in [1.54, 1.807) is 12.3 Å². The van der Waals surface area contributed by atoms with Crippen LogP contribution in [0.5, 0.6) is 0 Å². The third-order valence-corrected chi connectivity index (χ3v) is 4.61. The van der Waals surface area contributed by atoms with Crippen LogP contribution in [-0.2, 0) is 6.54 Å². The van der Waals surface area contributed by atoms with Gasteiger partial charge in [0.1, 0.15) is 5.82 Å². The first-order valence-corrected chi connectivity index (χ1v) is 8.57. The van der Waals surface area contributed by atoms with Gasteiger partial charge in [0, 0.05) is 43.8 Å². The summed E-state index contributed by atoms with van der Waals surface area (Å²) in [5.74, 6) is -0.216. The first-order chi connectivity index (χ1) is 11.6. The molecule has 2 heterocycles. The molecule has 6 heteroatoms. The molecule has 3 rings (SSSR count). The summed E-state index contributed by atoms with van der Waals surface area (Å²) >= 11 is 0. The SMILES string of the molecule is CC(NCCn1cccn1)c1cc(F)ccc1N1CCC(O)CC1. The molecule has 1 aliphatic rings. The van der Waals surface area contributed by atoms with Crippen LogP contribution in [0, 0.1) is 5.82 Å². The summed E-state index contributed by atoms with van der Waals surface area (Å²) in [7, 11) is 0. The van der Waals surface area contributed by atoms with Crippen molar-refractivity contribution in [2.24, 2.45) is 0 Å². The van der Waals surface area contributed by atoms with Gasteiger partial charge in [0.15, 0.2) is 0 Å². The summed E-state index contributed by atoms with van der Waals surface area (Å²) in [4.78, 5) is 2.24. The molecule has 1 aliphatic heterocycles. The van der Waals surface area contributed by atoms with Crippen molar-refractivity contribution in [1.29, 1.82) is 0 Å². The van der Waals surface area contributed by atoms with Crippen molar-refractivity contribution in [2.75, 3.05) is 24.5 Å².